The van der Waals surface area contributed by atoms with E-state index in [0.29, 0.717) is 9.59 Å². The molecule has 0 atom stereocenters. The van der Waals surface area contributed by atoms with Crippen molar-refractivity contribution < 1.29 is 0 Å². The Hall–Kier alpha value is 0.520. The fourth-order valence-corrected chi connectivity index (χ4v) is 6.45. The van der Waals surface area contributed by atoms with Gasteiger partial charge in [-0.15, -0.1) is 33.0 Å². The van der Waals surface area contributed by atoms with E-state index in [9.17, 15) is 0 Å². The number of nitrogens with zero attached hydrogens (tertiary/aromatic N) is 4. The van der Waals surface area contributed by atoms with Crippen LogP contribution in [0.3, 0.4) is 0 Å². The van der Waals surface area contributed by atoms with E-state index in [-0.39, 0.29) is 0 Å². The molecule has 17 heavy (non-hydrogen) atoms. The number of aromatic nitrogens is 4. The number of thiol groups is 1. The highest BCUT2D eigenvalue weighted by molar-refractivity contribution is 8.77. The van der Waals surface area contributed by atoms with Crippen LogP contribution in [-0.2, 0) is 0 Å². The molecule has 0 saturated carbocycles. The Kier molecular flexibility index (Phi) is 5.43. The molecule has 0 amide bonds. The van der Waals surface area contributed by atoms with Crippen LogP contribution in [-0.4, -0.2) is 25.6 Å². The van der Waals surface area contributed by atoms with Crippen molar-refractivity contribution in [2.45, 2.75) is 36.5 Å². The van der Waals surface area contributed by atoms with E-state index in [2.05, 4.69) is 46.9 Å². The maximum Gasteiger partial charge on any atom is 0.186 e. The lowest BCUT2D eigenvalue weighted by molar-refractivity contribution is 0.951. The van der Waals surface area contributed by atoms with Gasteiger partial charge in [0.25, 0.3) is 0 Å². The van der Waals surface area contributed by atoms with Crippen LogP contribution in [0.5, 0.6) is 0 Å². The summed E-state index contributed by atoms with van der Waals surface area (Å²) in [5, 5.41) is 16.6. The molecule has 4 nitrogen and oxygen atoms in total. The summed E-state index contributed by atoms with van der Waals surface area (Å²) in [6.45, 7) is 4.28. The summed E-state index contributed by atoms with van der Waals surface area (Å²) in [7, 11) is 3.09. The third-order valence-corrected chi connectivity index (χ3v) is 7.36. The van der Waals surface area contributed by atoms with Gasteiger partial charge in [0.1, 0.15) is 0 Å². The molecule has 0 aliphatic carbocycles. The first-order valence-corrected chi connectivity index (χ1v) is 9.61. The topological polar surface area (TPSA) is 51.6 Å². The number of rotatable bonds is 5. The van der Waals surface area contributed by atoms with Crippen molar-refractivity contribution in [3.05, 3.63) is 0 Å². The molecule has 0 aliphatic heterocycles. The first kappa shape index (κ1) is 13.9. The second kappa shape index (κ2) is 6.62. The first-order chi connectivity index (χ1) is 8.13. The van der Waals surface area contributed by atoms with Crippen LogP contribution in [0.4, 0.5) is 0 Å². The van der Waals surface area contributed by atoms with Crippen molar-refractivity contribution >= 4 is 68.7 Å². The molecule has 0 bridgehead atoms. The van der Waals surface area contributed by atoms with Crippen molar-refractivity contribution in [1.82, 2.24) is 20.4 Å². The van der Waals surface area contributed by atoms with E-state index in [0.717, 1.165) is 13.0 Å². The van der Waals surface area contributed by atoms with Gasteiger partial charge >= 0.3 is 0 Å². The lowest BCUT2D eigenvalue weighted by Crippen LogP contribution is -1.84. The van der Waals surface area contributed by atoms with Gasteiger partial charge in [-0.1, -0.05) is 48.3 Å². The van der Waals surface area contributed by atoms with Crippen LogP contribution in [0, 0.1) is 0 Å². The first-order valence-electron chi connectivity index (χ1n) is 4.50. The minimum atomic E-state index is 0.531. The predicted octanol–water partition coefficient (Wildman–Crippen LogP) is 3.98. The minimum absolute atomic E-state index is 0.531. The van der Waals surface area contributed by atoms with Gasteiger partial charge in [-0.2, -0.15) is 0 Å². The van der Waals surface area contributed by atoms with Gasteiger partial charge in [0, 0.05) is 5.25 Å². The van der Waals surface area contributed by atoms with Crippen LogP contribution < -0.4 is 0 Å². The fourth-order valence-electron chi connectivity index (χ4n) is 0.788. The summed E-state index contributed by atoms with van der Waals surface area (Å²) >= 11 is 8.92. The quantitative estimate of drug-likeness (QED) is 0.502. The van der Waals surface area contributed by atoms with Crippen molar-refractivity contribution in [2.75, 3.05) is 0 Å². The highest BCUT2D eigenvalue weighted by Gasteiger charge is 2.09. The average molecular weight is 341 g/mol. The van der Waals surface area contributed by atoms with E-state index >= 15 is 0 Å². The standard InChI is InChI=1S/C7H8N4S6/c1-3(2)13-5-9-11-7(15-5)17-16-6-10-8-4(12)14-6/h3H,1-2H3,(H,8,12). The van der Waals surface area contributed by atoms with Crippen LogP contribution >= 0.6 is 68.7 Å². The Bertz CT molecular complexity index is 480. The maximum atomic E-state index is 4.12. The van der Waals surface area contributed by atoms with Gasteiger partial charge in [0.2, 0.25) is 0 Å². The molecular weight excluding hydrogens is 333 g/mol. The number of hydrogen-bond donors (Lipinski definition) is 1. The Balaban J connectivity index is 1.89. The van der Waals surface area contributed by atoms with Gasteiger partial charge < -0.3 is 0 Å². The summed E-state index contributed by atoms with van der Waals surface area (Å²) in [5.74, 6) is 0. The monoisotopic (exact) mass is 340 g/mol. The molecule has 2 heterocycles. The SMILES string of the molecule is CC(C)Sc1nnc(SSc2nnc(S)s2)s1. The van der Waals surface area contributed by atoms with E-state index in [4.69, 9.17) is 0 Å². The largest absolute Gasteiger partial charge is 0.186 e. The van der Waals surface area contributed by atoms with Gasteiger partial charge in [0.15, 0.2) is 17.4 Å². The maximum absolute atomic E-state index is 4.12. The van der Waals surface area contributed by atoms with Crippen LogP contribution in [0.1, 0.15) is 13.8 Å². The van der Waals surface area contributed by atoms with Crippen molar-refractivity contribution in [2.24, 2.45) is 0 Å². The Morgan fingerprint density at radius 3 is 2.12 bits per heavy atom. The molecule has 0 aliphatic rings. The number of thioether (sulfide) groups is 1. The summed E-state index contributed by atoms with van der Waals surface area (Å²) in [4.78, 5) is 0. The molecule has 0 unspecified atom stereocenters. The minimum Gasteiger partial charge on any atom is -0.131 e. The normalized spacial score (nSPS) is 11.3. The van der Waals surface area contributed by atoms with Crippen LogP contribution in [0.25, 0.3) is 0 Å². The van der Waals surface area contributed by atoms with Crippen molar-refractivity contribution in [3.8, 4) is 0 Å². The second-order valence-electron chi connectivity index (χ2n) is 3.02. The van der Waals surface area contributed by atoms with Gasteiger partial charge in [-0.3, -0.25) is 0 Å². The highest BCUT2D eigenvalue weighted by atomic mass is 33.1. The van der Waals surface area contributed by atoms with E-state index in [1.54, 1.807) is 33.9 Å². The summed E-state index contributed by atoms with van der Waals surface area (Å²) in [5.41, 5.74) is 0. The molecule has 0 N–H and O–H groups in total. The van der Waals surface area contributed by atoms with E-state index in [1.807, 2.05) is 0 Å². The lowest BCUT2D eigenvalue weighted by atomic mass is 10.6. The average Bonchev–Trinajstić information content (AvgIpc) is 2.84. The third kappa shape index (κ3) is 4.60. The van der Waals surface area contributed by atoms with Gasteiger partial charge in [-0.05, 0) is 21.6 Å². The molecule has 0 saturated heterocycles. The molecule has 0 aromatic carbocycles. The van der Waals surface area contributed by atoms with E-state index in [1.165, 1.54) is 22.1 Å². The van der Waals surface area contributed by atoms with Crippen molar-refractivity contribution in [3.63, 3.8) is 0 Å². The molecule has 2 aromatic heterocycles. The summed E-state index contributed by atoms with van der Waals surface area (Å²) < 4.78 is 3.51. The molecule has 92 valence electrons. The molecule has 0 spiro atoms. The molecule has 0 fully saturated rings. The zero-order chi connectivity index (χ0) is 12.3. The zero-order valence-electron chi connectivity index (χ0n) is 8.85. The van der Waals surface area contributed by atoms with E-state index < -0.39 is 0 Å². The van der Waals surface area contributed by atoms with Gasteiger partial charge in [-0.25, -0.2) is 0 Å². The second-order valence-corrected chi connectivity index (χ2v) is 10.1. The smallest absolute Gasteiger partial charge is 0.131 e. The zero-order valence-corrected chi connectivity index (χ0v) is 13.8. The Morgan fingerprint density at radius 2 is 1.53 bits per heavy atom. The Labute approximate surface area is 125 Å². The highest BCUT2D eigenvalue weighted by Crippen LogP contribution is 2.41. The van der Waals surface area contributed by atoms with Crippen molar-refractivity contribution in [1.29, 1.82) is 0 Å². The lowest BCUT2D eigenvalue weighted by Gasteiger charge is -1.96. The fraction of sp³-hybridized carbons (Fsp3) is 0.429. The molecule has 2 rings (SSSR count). The summed E-state index contributed by atoms with van der Waals surface area (Å²) in [6, 6.07) is 0. The third-order valence-electron chi connectivity index (χ3n) is 1.30. The summed E-state index contributed by atoms with van der Waals surface area (Å²) in [6.07, 6.45) is 0. The predicted molar refractivity (Wildman–Crippen MR) is 79.8 cm³/mol. The Morgan fingerprint density at radius 1 is 0.941 bits per heavy atom. The number of hydrogen-bond acceptors (Lipinski definition) is 10. The van der Waals surface area contributed by atoms with Gasteiger partial charge in [0.05, 0.1) is 0 Å². The molecule has 2 aromatic rings. The molecule has 0 radical (unpaired) electrons. The van der Waals surface area contributed by atoms with Crippen LogP contribution in [0.15, 0.2) is 17.4 Å². The molecule has 10 heteroatoms. The molecular formula is C7H8N4S6. The van der Waals surface area contributed by atoms with Crippen LogP contribution in [0.2, 0.25) is 0 Å².